The van der Waals surface area contributed by atoms with Gasteiger partial charge in [0.15, 0.2) is 0 Å². The predicted octanol–water partition coefficient (Wildman–Crippen LogP) is -0.847. The first-order valence-electron chi connectivity index (χ1n) is 2.32. The van der Waals surface area contributed by atoms with Crippen LogP contribution in [0.15, 0.2) is 0 Å². The molecular formula is C3H9NO4S. The van der Waals surface area contributed by atoms with E-state index in [4.69, 9.17) is 10.3 Å². The molecule has 0 heterocycles. The van der Waals surface area contributed by atoms with E-state index in [9.17, 15) is 8.42 Å². The summed E-state index contributed by atoms with van der Waals surface area (Å²) in [6, 6.07) is 0. The summed E-state index contributed by atoms with van der Waals surface area (Å²) in [5.41, 5.74) is 3.19. The van der Waals surface area contributed by atoms with Gasteiger partial charge in [-0.2, -0.15) is 8.42 Å². The van der Waals surface area contributed by atoms with Crippen molar-refractivity contribution in [3.8, 4) is 0 Å². The van der Waals surface area contributed by atoms with Crippen molar-refractivity contribution in [1.82, 2.24) is 0 Å². The summed E-state index contributed by atoms with van der Waals surface area (Å²) in [5.74, 6) is 0. The number of hydrogen-bond acceptors (Lipinski definition) is 4. The molecule has 0 saturated carbocycles. The van der Waals surface area contributed by atoms with Gasteiger partial charge in [-0.25, -0.2) is 0 Å². The Hall–Kier alpha value is -0.170. The molecule has 3 N–H and O–H groups in total. The van der Waals surface area contributed by atoms with Crippen LogP contribution in [-0.4, -0.2) is 25.1 Å². The summed E-state index contributed by atoms with van der Waals surface area (Å²) in [6.07, 6.45) is 0. The minimum Gasteiger partial charge on any atom is -0.348 e. The fourth-order valence-electron chi connectivity index (χ4n) is 0.250. The molecule has 0 aliphatic heterocycles. The summed E-state index contributed by atoms with van der Waals surface area (Å²) < 4.78 is 32.5. The van der Waals surface area contributed by atoms with Crippen LogP contribution in [0.5, 0.6) is 0 Å². The molecule has 0 aromatic carbocycles. The summed E-state index contributed by atoms with van der Waals surface area (Å²) in [7, 11) is -4.21. The maximum Gasteiger partial charge on any atom is 0.306 e. The minimum absolute atomic E-state index is 0.154. The quantitative estimate of drug-likeness (QED) is 0.409. The fourth-order valence-corrected chi connectivity index (χ4v) is 0.558. The number of ether oxygens (including phenoxy) is 1. The zero-order valence-electron chi connectivity index (χ0n) is 4.94. The fraction of sp³-hybridized carbons (Fsp3) is 1.00. The van der Waals surface area contributed by atoms with Crippen LogP contribution in [0.25, 0.3) is 0 Å². The molecule has 1 unspecified atom stereocenters. The molecule has 56 valence electrons. The molecule has 0 aromatic heterocycles. The molecule has 0 spiro atoms. The molecule has 1 atom stereocenters. The third kappa shape index (κ3) is 3.41. The number of rotatable bonds is 3. The van der Waals surface area contributed by atoms with E-state index in [2.05, 4.69) is 4.74 Å². The van der Waals surface area contributed by atoms with Gasteiger partial charge < -0.3 is 4.74 Å². The highest BCUT2D eigenvalue weighted by molar-refractivity contribution is 7.86. The molecule has 0 aliphatic rings. The Morgan fingerprint density at radius 2 is 2.22 bits per heavy atom. The van der Waals surface area contributed by atoms with Crippen LogP contribution < -0.4 is 5.73 Å². The first-order chi connectivity index (χ1) is 3.98. The van der Waals surface area contributed by atoms with E-state index in [1.165, 1.54) is 0 Å². The molecule has 0 rings (SSSR count). The zero-order valence-corrected chi connectivity index (χ0v) is 5.76. The van der Waals surface area contributed by atoms with Crippen LogP contribution in [0.1, 0.15) is 6.92 Å². The Balaban J connectivity index is 3.90. The largest absolute Gasteiger partial charge is 0.348 e. The zero-order chi connectivity index (χ0) is 7.49. The Labute approximate surface area is 53.6 Å². The normalized spacial score (nSPS) is 15.4. The van der Waals surface area contributed by atoms with E-state index >= 15 is 0 Å². The standard InChI is InChI=1S/C3H9NO4S/c1-2-8-3(4)9(5,6)7/h3H,2,4H2,1H3,(H,5,6,7). The van der Waals surface area contributed by atoms with Gasteiger partial charge in [-0.05, 0) is 6.92 Å². The van der Waals surface area contributed by atoms with Crippen molar-refractivity contribution in [3.05, 3.63) is 0 Å². The average molecular weight is 155 g/mol. The predicted molar refractivity (Wildman–Crippen MR) is 31.1 cm³/mol. The Morgan fingerprint density at radius 1 is 1.78 bits per heavy atom. The van der Waals surface area contributed by atoms with Crippen molar-refractivity contribution in [3.63, 3.8) is 0 Å². The van der Waals surface area contributed by atoms with Crippen molar-refractivity contribution in [1.29, 1.82) is 0 Å². The van der Waals surface area contributed by atoms with Crippen molar-refractivity contribution in [2.24, 2.45) is 5.73 Å². The summed E-state index contributed by atoms with van der Waals surface area (Å²) in [5, 5.41) is 0. The number of nitrogens with two attached hydrogens (primary N) is 1. The Bertz CT molecular complexity index is 163. The molecular weight excluding hydrogens is 146 g/mol. The summed E-state index contributed by atoms with van der Waals surface area (Å²) in [6.45, 7) is 1.73. The summed E-state index contributed by atoms with van der Waals surface area (Å²) >= 11 is 0. The molecule has 9 heavy (non-hydrogen) atoms. The van der Waals surface area contributed by atoms with Crippen LogP contribution in [-0.2, 0) is 14.9 Å². The van der Waals surface area contributed by atoms with Crippen LogP contribution in [0.3, 0.4) is 0 Å². The second-order valence-corrected chi connectivity index (χ2v) is 2.83. The van der Waals surface area contributed by atoms with Gasteiger partial charge in [0.1, 0.15) is 0 Å². The van der Waals surface area contributed by atoms with Gasteiger partial charge >= 0.3 is 10.1 Å². The first kappa shape index (κ1) is 8.83. The minimum atomic E-state index is -4.21. The van der Waals surface area contributed by atoms with Crippen LogP contribution >= 0.6 is 0 Å². The summed E-state index contributed by atoms with van der Waals surface area (Å²) in [4.78, 5) is 0. The van der Waals surface area contributed by atoms with Crippen molar-refractivity contribution >= 4 is 10.1 Å². The van der Waals surface area contributed by atoms with Gasteiger partial charge in [0.05, 0.1) is 0 Å². The molecule has 0 aromatic rings. The highest BCUT2D eigenvalue weighted by Gasteiger charge is 2.16. The third-order valence-electron chi connectivity index (χ3n) is 0.625. The lowest BCUT2D eigenvalue weighted by Crippen LogP contribution is -2.32. The molecule has 0 saturated heterocycles. The second-order valence-electron chi connectivity index (χ2n) is 1.34. The van der Waals surface area contributed by atoms with Gasteiger partial charge in [0.25, 0.3) is 0 Å². The van der Waals surface area contributed by atoms with Gasteiger partial charge in [-0.3, -0.25) is 10.3 Å². The van der Waals surface area contributed by atoms with Crippen LogP contribution in [0, 0.1) is 0 Å². The van der Waals surface area contributed by atoms with Gasteiger partial charge in [0.2, 0.25) is 5.56 Å². The Morgan fingerprint density at radius 3 is 2.33 bits per heavy atom. The molecule has 0 bridgehead atoms. The molecule has 0 radical (unpaired) electrons. The molecule has 5 nitrogen and oxygen atoms in total. The van der Waals surface area contributed by atoms with E-state index in [1.807, 2.05) is 0 Å². The first-order valence-corrected chi connectivity index (χ1v) is 3.82. The number of hydrogen-bond donors (Lipinski definition) is 2. The Kier molecular flexibility index (Phi) is 3.06. The molecule has 6 heteroatoms. The van der Waals surface area contributed by atoms with Crippen LogP contribution in [0.2, 0.25) is 0 Å². The van der Waals surface area contributed by atoms with Crippen LogP contribution in [0.4, 0.5) is 0 Å². The monoisotopic (exact) mass is 155 g/mol. The van der Waals surface area contributed by atoms with E-state index in [-0.39, 0.29) is 6.61 Å². The topological polar surface area (TPSA) is 89.6 Å². The lowest BCUT2D eigenvalue weighted by atomic mass is 10.9. The van der Waals surface area contributed by atoms with E-state index in [0.717, 1.165) is 0 Å². The molecule has 0 aliphatic carbocycles. The average Bonchev–Trinajstić information content (AvgIpc) is 1.64. The van der Waals surface area contributed by atoms with E-state index in [0.29, 0.717) is 0 Å². The maximum atomic E-state index is 10.0. The van der Waals surface area contributed by atoms with Crippen molar-refractivity contribution in [2.45, 2.75) is 12.5 Å². The molecule has 0 amide bonds. The highest BCUT2D eigenvalue weighted by atomic mass is 32.2. The lowest BCUT2D eigenvalue weighted by Gasteiger charge is -2.05. The van der Waals surface area contributed by atoms with Gasteiger partial charge in [-0.1, -0.05) is 0 Å². The lowest BCUT2D eigenvalue weighted by molar-refractivity contribution is 0.115. The van der Waals surface area contributed by atoms with Crippen molar-refractivity contribution < 1.29 is 17.7 Å². The maximum absolute atomic E-state index is 10.0. The van der Waals surface area contributed by atoms with E-state index in [1.54, 1.807) is 6.92 Å². The smallest absolute Gasteiger partial charge is 0.306 e. The van der Waals surface area contributed by atoms with Crippen molar-refractivity contribution in [2.75, 3.05) is 6.61 Å². The van der Waals surface area contributed by atoms with Gasteiger partial charge in [-0.15, -0.1) is 0 Å². The second kappa shape index (κ2) is 3.11. The van der Waals surface area contributed by atoms with Gasteiger partial charge in [0, 0.05) is 6.61 Å². The molecule has 0 fully saturated rings. The third-order valence-corrected chi connectivity index (χ3v) is 1.35. The van der Waals surface area contributed by atoms with E-state index < -0.39 is 15.7 Å². The SMILES string of the molecule is CCOC(N)S(=O)(=O)O. The highest BCUT2D eigenvalue weighted by Crippen LogP contribution is 1.90.